The van der Waals surface area contributed by atoms with Crippen LogP contribution in [0.2, 0.25) is 0 Å². The van der Waals surface area contributed by atoms with Crippen LogP contribution in [0.25, 0.3) is 0 Å². The highest BCUT2D eigenvalue weighted by Crippen LogP contribution is 2.17. The third kappa shape index (κ3) is 4.40. The first-order valence-corrected chi connectivity index (χ1v) is 8.62. The van der Waals surface area contributed by atoms with Gasteiger partial charge in [-0.15, -0.1) is 0 Å². The number of aromatic nitrogens is 1. The number of hydrogen-bond donors (Lipinski definition) is 2. The van der Waals surface area contributed by atoms with Crippen molar-refractivity contribution in [2.45, 2.75) is 13.8 Å². The Morgan fingerprint density at radius 2 is 1.64 bits per heavy atom. The molecule has 6 heteroatoms. The molecule has 0 saturated heterocycles. The van der Waals surface area contributed by atoms with Gasteiger partial charge in [0.1, 0.15) is 11.8 Å². The average molecular weight is 370 g/mol. The molecule has 6 nitrogen and oxygen atoms in total. The molecule has 0 radical (unpaired) electrons. The minimum atomic E-state index is -0.425. The topological polar surface area (TPSA) is 94.9 Å². The Kier molecular flexibility index (Phi) is 5.47. The van der Waals surface area contributed by atoms with Crippen molar-refractivity contribution in [1.29, 1.82) is 5.26 Å². The van der Waals surface area contributed by atoms with E-state index >= 15 is 0 Å². The van der Waals surface area contributed by atoms with Crippen LogP contribution in [0.3, 0.4) is 0 Å². The van der Waals surface area contributed by atoms with Crippen LogP contribution in [0.15, 0.2) is 60.8 Å². The number of nitrogens with one attached hydrogen (secondary N) is 2. The molecule has 0 atom stereocenters. The van der Waals surface area contributed by atoms with E-state index in [-0.39, 0.29) is 11.3 Å². The minimum absolute atomic E-state index is 0.125. The second kappa shape index (κ2) is 8.14. The number of anilines is 2. The van der Waals surface area contributed by atoms with Crippen LogP contribution in [0.4, 0.5) is 11.4 Å². The third-order valence-electron chi connectivity index (χ3n) is 4.03. The van der Waals surface area contributed by atoms with Gasteiger partial charge in [-0.25, -0.2) is 0 Å². The molecule has 1 heterocycles. The van der Waals surface area contributed by atoms with Gasteiger partial charge >= 0.3 is 0 Å². The van der Waals surface area contributed by atoms with Crippen LogP contribution in [-0.4, -0.2) is 16.8 Å². The molecule has 0 unspecified atom stereocenters. The molecule has 0 aliphatic carbocycles. The maximum Gasteiger partial charge on any atom is 0.274 e. The third-order valence-corrected chi connectivity index (χ3v) is 4.03. The number of nitriles is 1. The van der Waals surface area contributed by atoms with Gasteiger partial charge in [0.05, 0.1) is 11.3 Å². The highest BCUT2D eigenvalue weighted by molar-refractivity contribution is 6.08. The number of carbonyl (C=O) groups excluding carboxylic acids is 2. The zero-order valence-electron chi connectivity index (χ0n) is 15.5. The molecule has 2 N–H and O–H groups in total. The first-order valence-electron chi connectivity index (χ1n) is 8.62. The summed E-state index contributed by atoms with van der Waals surface area (Å²) in [5.41, 5.74) is 3.90. The number of amides is 2. The van der Waals surface area contributed by atoms with Crippen molar-refractivity contribution in [2.75, 3.05) is 10.6 Å². The normalized spacial score (nSPS) is 10.0. The van der Waals surface area contributed by atoms with Crippen molar-refractivity contribution >= 4 is 23.2 Å². The smallest absolute Gasteiger partial charge is 0.274 e. The summed E-state index contributed by atoms with van der Waals surface area (Å²) >= 11 is 0. The molecule has 3 rings (SSSR count). The number of benzene rings is 2. The monoisotopic (exact) mass is 370 g/mol. The summed E-state index contributed by atoms with van der Waals surface area (Å²) in [6, 6.07) is 17.4. The maximum absolute atomic E-state index is 12.5. The molecule has 0 saturated carbocycles. The average Bonchev–Trinajstić information content (AvgIpc) is 2.67. The number of hydrogen-bond acceptors (Lipinski definition) is 4. The quantitative estimate of drug-likeness (QED) is 0.723. The summed E-state index contributed by atoms with van der Waals surface area (Å²) in [6.07, 6.45) is 1.40. The summed E-state index contributed by atoms with van der Waals surface area (Å²) in [5.74, 6) is -0.831. The Bertz CT molecular complexity index is 1080. The number of rotatable bonds is 4. The lowest BCUT2D eigenvalue weighted by atomic mass is 10.1. The number of para-hydroxylation sites is 1. The molecule has 2 amide bonds. The van der Waals surface area contributed by atoms with Gasteiger partial charge in [0.2, 0.25) is 0 Å². The lowest BCUT2D eigenvalue weighted by Crippen LogP contribution is -2.17. The van der Waals surface area contributed by atoms with E-state index in [1.54, 1.807) is 24.3 Å². The van der Waals surface area contributed by atoms with Crippen molar-refractivity contribution in [3.63, 3.8) is 0 Å². The highest BCUT2D eigenvalue weighted by atomic mass is 16.2. The number of aryl methyl sites for hydroxylation is 2. The molecule has 138 valence electrons. The van der Waals surface area contributed by atoms with Crippen molar-refractivity contribution < 1.29 is 9.59 Å². The molecule has 28 heavy (non-hydrogen) atoms. The van der Waals surface area contributed by atoms with Gasteiger partial charge in [-0.05, 0) is 61.4 Å². The Hall–Kier alpha value is -3.98. The summed E-state index contributed by atoms with van der Waals surface area (Å²) in [4.78, 5) is 29.1. The fraction of sp³-hybridized carbons (Fsp3) is 0.0909. The summed E-state index contributed by atoms with van der Waals surface area (Å²) in [7, 11) is 0. The van der Waals surface area contributed by atoms with E-state index in [1.807, 2.05) is 38.1 Å². The van der Waals surface area contributed by atoms with Crippen molar-refractivity contribution in [1.82, 2.24) is 4.98 Å². The van der Waals surface area contributed by atoms with E-state index in [1.165, 1.54) is 18.3 Å². The zero-order valence-corrected chi connectivity index (χ0v) is 15.5. The van der Waals surface area contributed by atoms with E-state index in [4.69, 9.17) is 5.26 Å². The van der Waals surface area contributed by atoms with Crippen LogP contribution < -0.4 is 10.6 Å². The van der Waals surface area contributed by atoms with Crippen LogP contribution in [0.5, 0.6) is 0 Å². The fourth-order valence-corrected chi connectivity index (χ4v) is 2.82. The van der Waals surface area contributed by atoms with Gasteiger partial charge in [0, 0.05) is 17.4 Å². The minimum Gasteiger partial charge on any atom is -0.321 e. The van der Waals surface area contributed by atoms with Gasteiger partial charge in [0.25, 0.3) is 11.8 Å². The van der Waals surface area contributed by atoms with Gasteiger partial charge in [-0.3, -0.25) is 14.6 Å². The van der Waals surface area contributed by atoms with Crippen molar-refractivity contribution in [3.05, 3.63) is 88.7 Å². The Morgan fingerprint density at radius 3 is 2.36 bits per heavy atom. The summed E-state index contributed by atoms with van der Waals surface area (Å²) in [5, 5.41) is 14.6. The van der Waals surface area contributed by atoms with E-state index in [9.17, 15) is 9.59 Å². The van der Waals surface area contributed by atoms with Gasteiger partial charge < -0.3 is 10.6 Å². The molecule has 0 spiro atoms. The van der Waals surface area contributed by atoms with Gasteiger partial charge in [0.15, 0.2) is 0 Å². The summed E-state index contributed by atoms with van der Waals surface area (Å²) in [6.45, 7) is 3.90. The first-order chi connectivity index (χ1) is 13.5. The number of pyridine rings is 1. The fourth-order valence-electron chi connectivity index (χ4n) is 2.82. The largest absolute Gasteiger partial charge is 0.321 e. The predicted molar refractivity (Wildman–Crippen MR) is 107 cm³/mol. The highest BCUT2D eigenvalue weighted by Gasteiger charge is 2.14. The van der Waals surface area contributed by atoms with E-state index in [0.29, 0.717) is 16.9 Å². The van der Waals surface area contributed by atoms with E-state index in [0.717, 1.165) is 11.1 Å². The first kappa shape index (κ1) is 18.8. The van der Waals surface area contributed by atoms with E-state index < -0.39 is 11.8 Å². The van der Waals surface area contributed by atoms with Crippen LogP contribution in [0.1, 0.15) is 37.5 Å². The van der Waals surface area contributed by atoms with Crippen LogP contribution >= 0.6 is 0 Å². The molecular formula is C22H18N4O2. The second-order valence-corrected chi connectivity index (χ2v) is 6.37. The molecule has 0 aliphatic heterocycles. The maximum atomic E-state index is 12.5. The summed E-state index contributed by atoms with van der Waals surface area (Å²) < 4.78 is 0. The molecule has 0 aliphatic rings. The number of nitrogens with zero attached hydrogens (tertiary/aromatic N) is 2. The Balaban J connectivity index is 1.78. The standard InChI is InChI=1S/C22H18N4O2/c1-14-9-15(2)11-18(10-14)25-22(28)20-12-16(7-8-24-20)21(27)26-19-6-4-3-5-17(19)13-23/h3-12H,1-2H3,(H,25,28)(H,26,27). The zero-order chi connectivity index (χ0) is 20.1. The molecular weight excluding hydrogens is 352 g/mol. The Morgan fingerprint density at radius 1 is 0.929 bits per heavy atom. The van der Waals surface area contributed by atoms with Crippen LogP contribution in [-0.2, 0) is 0 Å². The van der Waals surface area contributed by atoms with Crippen molar-refractivity contribution in [2.24, 2.45) is 0 Å². The molecule has 1 aromatic heterocycles. The van der Waals surface area contributed by atoms with Crippen molar-refractivity contribution in [3.8, 4) is 6.07 Å². The SMILES string of the molecule is Cc1cc(C)cc(NC(=O)c2cc(C(=O)Nc3ccccc3C#N)ccn2)c1. The van der Waals surface area contributed by atoms with Gasteiger partial charge in [-0.1, -0.05) is 18.2 Å². The molecule has 0 fully saturated rings. The predicted octanol–water partition coefficient (Wildman–Crippen LogP) is 4.07. The number of carbonyl (C=O) groups is 2. The second-order valence-electron chi connectivity index (χ2n) is 6.37. The lowest BCUT2D eigenvalue weighted by Gasteiger charge is -2.09. The Labute approximate surface area is 162 Å². The lowest BCUT2D eigenvalue weighted by molar-refractivity contribution is 0.102. The van der Waals surface area contributed by atoms with E-state index in [2.05, 4.69) is 15.6 Å². The molecule has 0 bridgehead atoms. The molecule has 2 aromatic carbocycles. The van der Waals surface area contributed by atoms with Crippen LogP contribution in [0, 0.1) is 25.2 Å². The van der Waals surface area contributed by atoms with Gasteiger partial charge in [-0.2, -0.15) is 5.26 Å². The molecule has 3 aromatic rings.